The number of carbonyl (C=O) groups is 1. The van der Waals surface area contributed by atoms with Crippen molar-refractivity contribution in [3.63, 3.8) is 0 Å². The molecule has 6 nitrogen and oxygen atoms in total. The third-order valence-electron chi connectivity index (χ3n) is 3.13. The maximum absolute atomic E-state index is 13.4. The summed E-state index contributed by atoms with van der Waals surface area (Å²) >= 11 is 0. The lowest BCUT2D eigenvalue weighted by atomic mass is 10.3. The number of halogens is 2. The van der Waals surface area contributed by atoms with Gasteiger partial charge in [-0.05, 0) is 19.1 Å². The molecular weight excluding hydrogens is 284 g/mol. The monoisotopic (exact) mass is 301 g/mol. The van der Waals surface area contributed by atoms with Crippen LogP contribution < -0.4 is 10.9 Å². The van der Waals surface area contributed by atoms with Gasteiger partial charge < -0.3 is 19.5 Å². The number of nitrogens with zero attached hydrogens (tertiary/aromatic N) is 2. The Morgan fingerprint density at radius 3 is 3.00 bits per heavy atom. The fraction of sp³-hybridized carbons (Fsp3) is 0.538. The van der Waals surface area contributed by atoms with Crippen molar-refractivity contribution in [1.82, 2.24) is 9.47 Å². The Morgan fingerprint density at radius 2 is 2.29 bits per heavy atom. The molecule has 1 aromatic rings. The molecule has 1 saturated heterocycles. The van der Waals surface area contributed by atoms with Crippen LogP contribution in [0.5, 0.6) is 0 Å². The minimum absolute atomic E-state index is 0.0387. The van der Waals surface area contributed by atoms with Gasteiger partial charge in [0.05, 0.1) is 13.2 Å². The highest BCUT2D eigenvalue weighted by atomic mass is 19.3. The van der Waals surface area contributed by atoms with Gasteiger partial charge in [-0.2, -0.15) is 0 Å². The SMILES string of the molecule is CCn1cccc(NC(=O)N2CCOCC(F)(F)C2)c1=O. The topological polar surface area (TPSA) is 63.6 Å². The molecule has 1 N–H and O–H groups in total. The quantitative estimate of drug-likeness (QED) is 0.897. The first-order valence-electron chi connectivity index (χ1n) is 6.64. The maximum atomic E-state index is 13.4. The van der Waals surface area contributed by atoms with Gasteiger partial charge in [-0.25, -0.2) is 13.6 Å². The first-order valence-corrected chi connectivity index (χ1v) is 6.64. The molecule has 2 amide bonds. The Kier molecular flexibility index (Phi) is 4.56. The molecule has 2 heterocycles. The Bertz CT molecular complexity index is 574. The number of hydrogen-bond acceptors (Lipinski definition) is 3. The minimum Gasteiger partial charge on any atom is -0.373 e. The normalized spacial score (nSPS) is 18.1. The molecule has 0 bridgehead atoms. The number of alkyl halides is 2. The van der Waals surface area contributed by atoms with Crippen molar-refractivity contribution in [2.24, 2.45) is 0 Å². The number of rotatable bonds is 2. The molecule has 116 valence electrons. The summed E-state index contributed by atoms with van der Waals surface area (Å²) in [5.41, 5.74) is -0.302. The third kappa shape index (κ3) is 3.78. The summed E-state index contributed by atoms with van der Waals surface area (Å²) in [6.45, 7) is 0.906. The van der Waals surface area contributed by atoms with E-state index in [0.717, 1.165) is 4.90 Å². The van der Waals surface area contributed by atoms with E-state index in [9.17, 15) is 18.4 Å². The van der Waals surface area contributed by atoms with Crippen LogP contribution in [0.4, 0.5) is 19.3 Å². The van der Waals surface area contributed by atoms with Gasteiger partial charge in [0.1, 0.15) is 12.3 Å². The molecule has 0 atom stereocenters. The highest BCUT2D eigenvalue weighted by Gasteiger charge is 2.36. The number of pyridine rings is 1. The molecule has 1 aromatic heterocycles. The fourth-order valence-corrected chi connectivity index (χ4v) is 2.05. The summed E-state index contributed by atoms with van der Waals surface area (Å²) in [5, 5.41) is 2.38. The largest absolute Gasteiger partial charge is 0.373 e. The molecule has 1 aliphatic rings. The van der Waals surface area contributed by atoms with Crippen LogP contribution in [0.2, 0.25) is 0 Å². The van der Waals surface area contributed by atoms with Crippen LogP contribution in [0, 0.1) is 0 Å². The van der Waals surface area contributed by atoms with E-state index in [-0.39, 0.29) is 24.4 Å². The van der Waals surface area contributed by atoms with E-state index in [0.29, 0.717) is 6.54 Å². The summed E-state index contributed by atoms with van der Waals surface area (Å²) in [6, 6.07) is 2.32. The van der Waals surface area contributed by atoms with Crippen molar-refractivity contribution in [3.8, 4) is 0 Å². The lowest BCUT2D eigenvalue weighted by Gasteiger charge is -2.23. The Morgan fingerprint density at radius 1 is 1.52 bits per heavy atom. The van der Waals surface area contributed by atoms with Crippen molar-refractivity contribution in [2.45, 2.75) is 19.4 Å². The van der Waals surface area contributed by atoms with Gasteiger partial charge in [-0.1, -0.05) is 0 Å². The molecule has 0 spiro atoms. The van der Waals surface area contributed by atoms with Gasteiger partial charge in [-0.15, -0.1) is 0 Å². The van der Waals surface area contributed by atoms with Crippen molar-refractivity contribution < 1.29 is 18.3 Å². The van der Waals surface area contributed by atoms with Crippen LogP contribution in [-0.2, 0) is 11.3 Å². The molecule has 0 unspecified atom stereocenters. The number of aromatic nitrogens is 1. The molecule has 1 fully saturated rings. The molecule has 0 aromatic carbocycles. The van der Waals surface area contributed by atoms with Crippen molar-refractivity contribution in [1.29, 1.82) is 0 Å². The summed E-state index contributed by atoms with van der Waals surface area (Å²) in [7, 11) is 0. The molecule has 0 saturated carbocycles. The number of aryl methyl sites for hydroxylation is 1. The number of anilines is 1. The van der Waals surface area contributed by atoms with Gasteiger partial charge >= 0.3 is 6.03 Å². The van der Waals surface area contributed by atoms with E-state index in [2.05, 4.69) is 5.32 Å². The summed E-state index contributed by atoms with van der Waals surface area (Å²) in [5.74, 6) is -3.09. The zero-order valence-electron chi connectivity index (χ0n) is 11.6. The minimum atomic E-state index is -3.09. The van der Waals surface area contributed by atoms with Crippen LogP contribution in [0.3, 0.4) is 0 Å². The van der Waals surface area contributed by atoms with Gasteiger partial charge in [0.2, 0.25) is 0 Å². The number of nitrogens with one attached hydrogen (secondary N) is 1. The first kappa shape index (κ1) is 15.4. The van der Waals surface area contributed by atoms with E-state index < -0.39 is 25.1 Å². The predicted molar refractivity (Wildman–Crippen MR) is 72.7 cm³/mol. The second-order valence-electron chi connectivity index (χ2n) is 4.77. The molecular formula is C13H17F2N3O3. The second-order valence-corrected chi connectivity index (χ2v) is 4.77. The number of hydrogen-bond donors (Lipinski definition) is 1. The molecule has 8 heteroatoms. The standard InChI is InChI=1S/C13H17F2N3O3/c1-2-17-5-3-4-10(11(17)19)16-12(20)18-6-7-21-9-13(14,15)8-18/h3-5H,2,6-9H2,1H3,(H,16,20). The van der Waals surface area contributed by atoms with Crippen molar-refractivity contribution >= 4 is 11.7 Å². The van der Waals surface area contributed by atoms with Crippen molar-refractivity contribution in [2.75, 3.05) is 31.6 Å². The average molecular weight is 301 g/mol. The van der Waals surface area contributed by atoms with Gasteiger partial charge in [0.25, 0.3) is 11.5 Å². The zero-order valence-corrected chi connectivity index (χ0v) is 11.6. The van der Waals surface area contributed by atoms with Gasteiger partial charge in [-0.3, -0.25) is 4.79 Å². The predicted octanol–water partition coefficient (Wildman–Crippen LogP) is 1.37. The zero-order chi connectivity index (χ0) is 15.5. The fourth-order valence-electron chi connectivity index (χ4n) is 2.05. The Balaban J connectivity index is 2.12. The molecule has 1 aliphatic heterocycles. The van der Waals surface area contributed by atoms with E-state index >= 15 is 0 Å². The van der Waals surface area contributed by atoms with E-state index in [1.165, 1.54) is 10.6 Å². The average Bonchev–Trinajstić information content (AvgIpc) is 2.62. The maximum Gasteiger partial charge on any atom is 0.322 e. The summed E-state index contributed by atoms with van der Waals surface area (Å²) in [6.07, 6.45) is 1.59. The number of ether oxygens (including phenoxy) is 1. The number of amides is 2. The first-order chi connectivity index (χ1) is 9.93. The van der Waals surface area contributed by atoms with Crippen LogP contribution in [-0.4, -0.2) is 47.7 Å². The smallest absolute Gasteiger partial charge is 0.322 e. The van der Waals surface area contributed by atoms with E-state index in [1.807, 2.05) is 0 Å². The van der Waals surface area contributed by atoms with Crippen LogP contribution >= 0.6 is 0 Å². The van der Waals surface area contributed by atoms with Gasteiger partial charge in [0, 0.05) is 19.3 Å². The molecule has 2 rings (SSSR count). The Labute approximate surface area is 120 Å². The lowest BCUT2D eigenvalue weighted by molar-refractivity contribution is -0.0648. The number of carbonyl (C=O) groups excluding carboxylic acids is 1. The summed E-state index contributed by atoms with van der Waals surface area (Å²) in [4.78, 5) is 25.0. The highest BCUT2D eigenvalue weighted by Crippen LogP contribution is 2.19. The molecule has 0 aliphatic carbocycles. The molecule has 21 heavy (non-hydrogen) atoms. The van der Waals surface area contributed by atoms with Crippen LogP contribution in [0.1, 0.15) is 6.92 Å². The lowest BCUT2D eigenvalue weighted by Crippen LogP contribution is -2.44. The Hall–Kier alpha value is -1.96. The van der Waals surface area contributed by atoms with Gasteiger partial charge in [0.15, 0.2) is 0 Å². The van der Waals surface area contributed by atoms with E-state index in [4.69, 9.17) is 4.74 Å². The van der Waals surface area contributed by atoms with Crippen LogP contribution in [0.15, 0.2) is 23.1 Å². The summed E-state index contributed by atoms with van der Waals surface area (Å²) < 4.78 is 33.0. The highest BCUT2D eigenvalue weighted by molar-refractivity contribution is 5.89. The second kappa shape index (κ2) is 6.21. The van der Waals surface area contributed by atoms with Crippen LogP contribution in [0.25, 0.3) is 0 Å². The third-order valence-corrected chi connectivity index (χ3v) is 3.13. The number of urea groups is 1. The molecule has 0 radical (unpaired) electrons. The van der Waals surface area contributed by atoms with Crippen molar-refractivity contribution in [3.05, 3.63) is 28.7 Å². The van der Waals surface area contributed by atoms with E-state index in [1.54, 1.807) is 19.2 Å².